The van der Waals surface area contributed by atoms with Crippen LogP contribution in [-0.4, -0.2) is 45.7 Å². The minimum atomic E-state index is 0.527. The lowest BCUT2D eigenvalue weighted by Gasteiger charge is -2.29. The smallest absolute Gasteiger partial charge is 0.133 e. The third-order valence-corrected chi connectivity index (χ3v) is 6.92. The molecule has 1 saturated heterocycles. The highest BCUT2D eigenvalue weighted by Crippen LogP contribution is 2.37. The SMILES string of the molecule is c1cc2c3cnc(Nc4ccc(N5CCNCC5)cn4)cc3n(C3CCCCC3)c2cn1. The fourth-order valence-electron chi connectivity index (χ4n) is 5.29. The van der Waals surface area contributed by atoms with Crippen LogP contribution < -0.4 is 15.5 Å². The van der Waals surface area contributed by atoms with Crippen molar-refractivity contribution in [3.63, 3.8) is 0 Å². The first-order chi connectivity index (χ1) is 15.9. The number of anilines is 3. The first-order valence-corrected chi connectivity index (χ1v) is 11.8. The second-order valence-electron chi connectivity index (χ2n) is 8.91. The fourth-order valence-corrected chi connectivity index (χ4v) is 5.29. The van der Waals surface area contributed by atoms with E-state index in [1.165, 1.54) is 59.6 Å². The lowest BCUT2D eigenvalue weighted by molar-refractivity contribution is 0.367. The van der Waals surface area contributed by atoms with Gasteiger partial charge in [0.05, 0.1) is 29.1 Å². The van der Waals surface area contributed by atoms with Gasteiger partial charge in [0.2, 0.25) is 0 Å². The molecule has 6 rings (SSSR count). The molecule has 1 aliphatic heterocycles. The van der Waals surface area contributed by atoms with Crippen LogP contribution >= 0.6 is 0 Å². The van der Waals surface area contributed by atoms with E-state index in [1.54, 1.807) is 0 Å². The summed E-state index contributed by atoms with van der Waals surface area (Å²) in [6.07, 6.45) is 14.2. The van der Waals surface area contributed by atoms with Crippen molar-refractivity contribution in [3.05, 3.63) is 49.1 Å². The average molecular weight is 428 g/mol. The molecule has 0 bridgehead atoms. The number of piperazine rings is 1. The van der Waals surface area contributed by atoms with E-state index in [2.05, 4.69) is 48.3 Å². The largest absolute Gasteiger partial charge is 0.368 e. The van der Waals surface area contributed by atoms with Crippen molar-refractivity contribution in [2.24, 2.45) is 0 Å². The molecule has 0 amide bonds. The first-order valence-electron chi connectivity index (χ1n) is 11.8. The van der Waals surface area contributed by atoms with Crippen molar-refractivity contribution in [2.75, 3.05) is 36.4 Å². The molecule has 0 aromatic carbocycles. The standard InChI is InChI=1S/C25H29N7/c1-2-4-18(5-3-1)32-22-14-25(29-16-21(22)20-8-9-27-17-23(20)32)30-24-7-6-19(15-28-24)31-12-10-26-11-13-31/h6-9,14-18,26H,1-5,10-13H2,(H,28,29,30). The van der Waals surface area contributed by atoms with Gasteiger partial charge >= 0.3 is 0 Å². The van der Waals surface area contributed by atoms with Crippen molar-refractivity contribution in [3.8, 4) is 0 Å². The number of hydrogen-bond donors (Lipinski definition) is 2. The third-order valence-electron chi connectivity index (χ3n) is 6.92. The van der Waals surface area contributed by atoms with E-state index in [1.807, 2.05) is 30.9 Å². The summed E-state index contributed by atoms with van der Waals surface area (Å²) in [4.78, 5) is 16.2. The van der Waals surface area contributed by atoms with Crippen LogP contribution in [0.4, 0.5) is 17.3 Å². The van der Waals surface area contributed by atoms with E-state index in [-0.39, 0.29) is 0 Å². The Kier molecular flexibility index (Phi) is 5.11. The molecular formula is C25H29N7. The highest BCUT2D eigenvalue weighted by Gasteiger charge is 2.21. The topological polar surface area (TPSA) is 70.9 Å². The number of pyridine rings is 3. The summed E-state index contributed by atoms with van der Waals surface area (Å²) in [5, 5.41) is 9.24. The Morgan fingerprint density at radius 2 is 1.69 bits per heavy atom. The number of aromatic nitrogens is 4. The Hall–Kier alpha value is -3.19. The minimum Gasteiger partial charge on any atom is -0.368 e. The summed E-state index contributed by atoms with van der Waals surface area (Å²) in [5.41, 5.74) is 3.62. The van der Waals surface area contributed by atoms with E-state index in [9.17, 15) is 0 Å². The van der Waals surface area contributed by atoms with Gasteiger partial charge in [-0.3, -0.25) is 4.98 Å². The molecule has 32 heavy (non-hydrogen) atoms. The molecule has 1 aliphatic carbocycles. The van der Waals surface area contributed by atoms with E-state index in [0.717, 1.165) is 37.8 Å². The van der Waals surface area contributed by atoms with Crippen LogP contribution in [-0.2, 0) is 0 Å². The predicted molar refractivity (Wildman–Crippen MR) is 130 cm³/mol. The van der Waals surface area contributed by atoms with Crippen molar-refractivity contribution >= 4 is 39.1 Å². The lowest BCUT2D eigenvalue weighted by atomic mass is 9.95. The van der Waals surface area contributed by atoms with Gasteiger partial charge in [0.1, 0.15) is 11.6 Å². The van der Waals surface area contributed by atoms with Gasteiger partial charge in [-0.25, -0.2) is 9.97 Å². The zero-order valence-electron chi connectivity index (χ0n) is 18.3. The number of fused-ring (bicyclic) bond motifs is 3. The molecule has 0 atom stereocenters. The molecule has 2 N–H and O–H groups in total. The summed E-state index contributed by atoms with van der Waals surface area (Å²) in [6.45, 7) is 4.09. The van der Waals surface area contributed by atoms with Crippen molar-refractivity contribution in [1.82, 2.24) is 24.8 Å². The van der Waals surface area contributed by atoms with Crippen LogP contribution in [0.3, 0.4) is 0 Å². The summed E-state index contributed by atoms with van der Waals surface area (Å²) in [5.74, 6) is 1.64. The zero-order chi connectivity index (χ0) is 21.3. The third kappa shape index (κ3) is 3.56. The lowest BCUT2D eigenvalue weighted by Crippen LogP contribution is -2.43. The highest BCUT2D eigenvalue weighted by atomic mass is 15.2. The minimum absolute atomic E-state index is 0.527. The molecule has 2 aliphatic rings. The molecule has 0 spiro atoms. The van der Waals surface area contributed by atoms with Crippen LogP contribution in [0.2, 0.25) is 0 Å². The monoisotopic (exact) mass is 427 g/mol. The maximum atomic E-state index is 4.72. The Bertz CT molecular complexity index is 1220. The van der Waals surface area contributed by atoms with E-state index < -0.39 is 0 Å². The Morgan fingerprint density at radius 3 is 2.50 bits per heavy atom. The molecule has 1 saturated carbocycles. The van der Waals surface area contributed by atoms with Gasteiger partial charge in [0, 0.05) is 61.5 Å². The highest BCUT2D eigenvalue weighted by molar-refractivity contribution is 6.08. The number of hydrogen-bond acceptors (Lipinski definition) is 6. The number of rotatable bonds is 4. The van der Waals surface area contributed by atoms with Crippen LogP contribution in [0, 0.1) is 0 Å². The summed E-state index contributed by atoms with van der Waals surface area (Å²) in [6, 6.07) is 9.01. The average Bonchev–Trinajstić information content (AvgIpc) is 3.19. The van der Waals surface area contributed by atoms with Crippen LogP contribution in [0.25, 0.3) is 21.8 Å². The van der Waals surface area contributed by atoms with Crippen LogP contribution in [0.5, 0.6) is 0 Å². The Balaban J connectivity index is 1.33. The molecule has 4 aromatic heterocycles. The Labute approximate surface area is 187 Å². The molecule has 2 fully saturated rings. The van der Waals surface area contributed by atoms with Crippen molar-refractivity contribution in [1.29, 1.82) is 0 Å². The van der Waals surface area contributed by atoms with Gasteiger partial charge in [0.15, 0.2) is 0 Å². The van der Waals surface area contributed by atoms with Gasteiger partial charge in [0.25, 0.3) is 0 Å². The van der Waals surface area contributed by atoms with Gasteiger partial charge in [-0.05, 0) is 31.0 Å². The summed E-state index contributed by atoms with van der Waals surface area (Å²) < 4.78 is 2.50. The second kappa shape index (κ2) is 8.39. The van der Waals surface area contributed by atoms with E-state index in [0.29, 0.717) is 6.04 Å². The van der Waals surface area contributed by atoms with Crippen molar-refractivity contribution in [2.45, 2.75) is 38.1 Å². The molecule has 4 aromatic rings. The van der Waals surface area contributed by atoms with Crippen molar-refractivity contribution < 1.29 is 0 Å². The molecule has 7 heteroatoms. The molecule has 0 unspecified atom stereocenters. The van der Waals surface area contributed by atoms with Gasteiger partial charge in [-0.1, -0.05) is 19.3 Å². The maximum absolute atomic E-state index is 4.72. The second-order valence-corrected chi connectivity index (χ2v) is 8.91. The number of nitrogens with zero attached hydrogens (tertiary/aromatic N) is 5. The molecule has 0 radical (unpaired) electrons. The quantitative estimate of drug-likeness (QED) is 0.495. The summed E-state index contributed by atoms with van der Waals surface area (Å²) >= 11 is 0. The number of nitrogens with one attached hydrogen (secondary N) is 2. The normalized spacial score (nSPS) is 17.8. The van der Waals surface area contributed by atoms with E-state index in [4.69, 9.17) is 4.98 Å². The van der Waals surface area contributed by atoms with Crippen LogP contribution in [0.1, 0.15) is 38.1 Å². The molecule has 164 valence electrons. The maximum Gasteiger partial charge on any atom is 0.133 e. The van der Waals surface area contributed by atoms with Gasteiger partial charge in [-0.15, -0.1) is 0 Å². The molecular weight excluding hydrogens is 398 g/mol. The first kappa shape index (κ1) is 19.5. The van der Waals surface area contributed by atoms with Crippen LogP contribution in [0.15, 0.2) is 49.1 Å². The van der Waals surface area contributed by atoms with E-state index >= 15 is 0 Å². The molecule has 5 heterocycles. The molecule has 7 nitrogen and oxygen atoms in total. The van der Waals surface area contributed by atoms with Gasteiger partial charge < -0.3 is 20.1 Å². The predicted octanol–water partition coefficient (Wildman–Crippen LogP) is 4.64. The zero-order valence-corrected chi connectivity index (χ0v) is 18.3. The van der Waals surface area contributed by atoms with Gasteiger partial charge in [-0.2, -0.15) is 0 Å². The summed E-state index contributed by atoms with van der Waals surface area (Å²) in [7, 11) is 0. The Morgan fingerprint density at radius 1 is 0.844 bits per heavy atom. The fraction of sp³-hybridized carbons (Fsp3) is 0.400.